The molecule has 1 saturated carbocycles. The minimum atomic E-state index is 0.348. The molecule has 1 atom stereocenters. The summed E-state index contributed by atoms with van der Waals surface area (Å²) in [5.74, 6) is 2.12. The highest BCUT2D eigenvalue weighted by Gasteiger charge is 2.26. The summed E-state index contributed by atoms with van der Waals surface area (Å²) in [7, 11) is 0. The molecule has 0 amide bonds. The topological polar surface area (TPSA) is 9.23 Å². The molecule has 81 valence electrons. The Labute approximate surface area is 92.5 Å². The average Bonchev–Trinajstić information content (AvgIpc) is 3.01. The third kappa shape index (κ3) is 2.34. The summed E-state index contributed by atoms with van der Waals surface area (Å²) in [5.41, 5.74) is 2.85. The van der Waals surface area contributed by atoms with Crippen LogP contribution in [0.25, 0.3) is 0 Å². The third-order valence-electron chi connectivity index (χ3n) is 2.92. The molecule has 1 aromatic rings. The van der Waals surface area contributed by atoms with Gasteiger partial charge in [-0.25, -0.2) is 0 Å². The first-order chi connectivity index (χ1) is 7.22. The van der Waals surface area contributed by atoms with Gasteiger partial charge in [-0.1, -0.05) is 13.0 Å². The Kier molecular flexibility index (Phi) is 2.99. The van der Waals surface area contributed by atoms with Crippen LogP contribution in [0.4, 0.5) is 0 Å². The second kappa shape index (κ2) is 4.26. The predicted molar refractivity (Wildman–Crippen MR) is 63.4 cm³/mol. The lowest BCUT2D eigenvalue weighted by Gasteiger charge is -2.14. The molecule has 1 aliphatic rings. The molecule has 0 heterocycles. The molecule has 2 rings (SSSR count). The van der Waals surface area contributed by atoms with Crippen LogP contribution in [-0.2, 0) is 0 Å². The van der Waals surface area contributed by atoms with E-state index in [2.05, 4.69) is 32.0 Å². The summed E-state index contributed by atoms with van der Waals surface area (Å²) < 4.78 is 5.52. The Bertz CT molecular complexity index is 337. The molecule has 0 aliphatic heterocycles. The average molecular weight is 203 g/mol. The second-order valence-corrected chi connectivity index (χ2v) is 4.40. The Morgan fingerprint density at radius 2 is 2.20 bits per heavy atom. The van der Waals surface area contributed by atoms with Crippen LogP contribution in [0.5, 0.6) is 5.75 Å². The molecule has 1 radical (unpaired) electrons. The van der Waals surface area contributed by atoms with Crippen LogP contribution in [0.1, 0.15) is 49.7 Å². The van der Waals surface area contributed by atoms with Crippen molar-refractivity contribution < 1.29 is 4.74 Å². The normalized spacial score (nSPS) is 15.7. The van der Waals surface area contributed by atoms with Crippen molar-refractivity contribution in [3.8, 4) is 5.75 Å². The lowest BCUT2D eigenvalue weighted by Crippen LogP contribution is -1.98. The minimum Gasteiger partial charge on any atom is -0.494 e. The number of benzene rings is 1. The summed E-state index contributed by atoms with van der Waals surface area (Å²) >= 11 is 0. The van der Waals surface area contributed by atoms with Gasteiger partial charge in [-0.2, -0.15) is 0 Å². The number of hydrogen-bond donors (Lipinski definition) is 0. The van der Waals surface area contributed by atoms with Gasteiger partial charge in [0.25, 0.3) is 0 Å². The highest BCUT2D eigenvalue weighted by atomic mass is 16.5. The first kappa shape index (κ1) is 10.5. The lowest BCUT2D eigenvalue weighted by atomic mass is 9.94. The number of rotatable bonds is 4. The van der Waals surface area contributed by atoms with Crippen LogP contribution in [0, 0.1) is 6.92 Å². The van der Waals surface area contributed by atoms with Crippen molar-refractivity contribution in [2.75, 3.05) is 6.61 Å². The Morgan fingerprint density at radius 3 is 2.73 bits per heavy atom. The Balaban J connectivity index is 2.30. The van der Waals surface area contributed by atoms with Crippen LogP contribution >= 0.6 is 0 Å². The highest BCUT2D eigenvalue weighted by Crippen LogP contribution is 2.44. The van der Waals surface area contributed by atoms with E-state index in [1.54, 1.807) is 0 Å². The minimum absolute atomic E-state index is 0.348. The van der Waals surface area contributed by atoms with E-state index >= 15 is 0 Å². The third-order valence-corrected chi connectivity index (χ3v) is 2.92. The van der Waals surface area contributed by atoms with E-state index in [0.29, 0.717) is 5.92 Å². The molecule has 0 N–H and O–H groups in total. The van der Waals surface area contributed by atoms with Gasteiger partial charge in [0, 0.05) is 0 Å². The molecule has 1 nitrogen and oxygen atoms in total. The van der Waals surface area contributed by atoms with E-state index in [4.69, 9.17) is 4.74 Å². The zero-order valence-corrected chi connectivity index (χ0v) is 9.62. The van der Waals surface area contributed by atoms with E-state index in [0.717, 1.165) is 18.3 Å². The van der Waals surface area contributed by atoms with Gasteiger partial charge < -0.3 is 4.74 Å². The van der Waals surface area contributed by atoms with Crippen molar-refractivity contribution in [1.82, 2.24) is 0 Å². The summed E-state index contributed by atoms with van der Waals surface area (Å²) in [6, 6.07) is 6.47. The fraction of sp³-hybridized carbons (Fsp3) is 0.500. The molecule has 0 aromatic heterocycles. The molecule has 1 unspecified atom stereocenters. The van der Waals surface area contributed by atoms with Crippen molar-refractivity contribution in [3.05, 3.63) is 36.2 Å². The van der Waals surface area contributed by atoms with Gasteiger partial charge in [0.05, 0.1) is 6.61 Å². The summed E-state index contributed by atoms with van der Waals surface area (Å²) in [6.45, 7) is 9.02. The van der Waals surface area contributed by atoms with Gasteiger partial charge in [0.2, 0.25) is 0 Å². The maximum atomic E-state index is 5.52. The van der Waals surface area contributed by atoms with Gasteiger partial charge in [-0.3, -0.25) is 0 Å². The summed E-state index contributed by atoms with van der Waals surface area (Å²) in [6.07, 6.45) is 2.68. The van der Waals surface area contributed by atoms with Crippen molar-refractivity contribution in [2.24, 2.45) is 0 Å². The van der Waals surface area contributed by atoms with Gasteiger partial charge >= 0.3 is 0 Å². The monoisotopic (exact) mass is 203 g/mol. The molecular weight excluding hydrogens is 184 g/mol. The first-order valence-electron chi connectivity index (χ1n) is 5.82. The lowest BCUT2D eigenvalue weighted by molar-refractivity contribution is 0.339. The van der Waals surface area contributed by atoms with E-state index in [9.17, 15) is 0 Å². The SMILES string of the molecule is [CH2]C(C)c1cc(OCC)ccc1C1CC1. The zero-order valence-electron chi connectivity index (χ0n) is 9.62. The molecule has 1 heteroatoms. The predicted octanol–water partition coefficient (Wildman–Crippen LogP) is 3.90. The molecular formula is C14H19O. The fourth-order valence-electron chi connectivity index (χ4n) is 2.00. The van der Waals surface area contributed by atoms with Crippen molar-refractivity contribution >= 4 is 0 Å². The van der Waals surface area contributed by atoms with Crippen molar-refractivity contribution in [2.45, 2.75) is 38.5 Å². The molecule has 0 saturated heterocycles. The van der Waals surface area contributed by atoms with Crippen molar-refractivity contribution in [1.29, 1.82) is 0 Å². The van der Waals surface area contributed by atoms with E-state index in [1.807, 2.05) is 6.92 Å². The summed E-state index contributed by atoms with van der Waals surface area (Å²) in [5, 5.41) is 0. The maximum Gasteiger partial charge on any atom is 0.119 e. The fourth-order valence-corrected chi connectivity index (χ4v) is 2.00. The molecule has 0 spiro atoms. The van der Waals surface area contributed by atoms with E-state index in [1.165, 1.54) is 24.0 Å². The van der Waals surface area contributed by atoms with Gasteiger partial charge in [0.15, 0.2) is 0 Å². The first-order valence-corrected chi connectivity index (χ1v) is 5.82. The molecule has 1 aliphatic carbocycles. The molecule has 1 fully saturated rings. The van der Waals surface area contributed by atoms with Crippen LogP contribution in [-0.4, -0.2) is 6.61 Å². The number of hydrogen-bond acceptors (Lipinski definition) is 1. The quantitative estimate of drug-likeness (QED) is 0.721. The standard InChI is InChI=1S/C14H19O/c1-4-15-12-7-8-13(11-5-6-11)14(9-12)10(2)3/h7-11H,2,4-6H2,1,3H3. The van der Waals surface area contributed by atoms with Gasteiger partial charge in [-0.05, 0) is 61.8 Å². The second-order valence-electron chi connectivity index (χ2n) is 4.40. The molecule has 15 heavy (non-hydrogen) atoms. The van der Waals surface area contributed by atoms with E-state index < -0.39 is 0 Å². The molecule has 0 bridgehead atoms. The zero-order chi connectivity index (χ0) is 10.8. The Morgan fingerprint density at radius 1 is 1.47 bits per heavy atom. The van der Waals surface area contributed by atoms with E-state index in [-0.39, 0.29) is 0 Å². The molecule has 1 aromatic carbocycles. The maximum absolute atomic E-state index is 5.52. The largest absolute Gasteiger partial charge is 0.494 e. The van der Waals surface area contributed by atoms with Crippen LogP contribution in [0.3, 0.4) is 0 Å². The van der Waals surface area contributed by atoms with Crippen LogP contribution in [0.15, 0.2) is 18.2 Å². The van der Waals surface area contributed by atoms with Gasteiger partial charge in [-0.15, -0.1) is 0 Å². The number of ether oxygens (including phenoxy) is 1. The van der Waals surface area contributed by atoms with Crippen LogP contribution in [0.2, 0.25) is 0 Å². The highest BCUT2D eigenvalue weighted by molar-refractivity contribution is 5.41. The summed E-state index contributed by atoms with van der Waals surface area (Å²) in [4.78, 5) is 0. The Hall–Kier alpha value is -0.980. The van der Waals surface area contributed by atoms with Gasteiger partial charge in [0.1, 0.15) is 5.75 Å². The van der Waals surface area contributed by atoms with Crippen LogP contribution < -0.4 is 4.74 Å². The van der Waals surface area contributed by atoms with Crippen molar-refractivity contribution in [3.63, 3.8) is 0 Å². The smallest absolute Gasteiger partial charge is 0.119 e.